The molecule has 9 heavy (non-hydrogen) atoms. The van der Waals surface area contributed by atoms with Crippen LogP contribution < -0.4 is 0 Å². The van der Waals surface area contributed by atoms with Gasteiger partial charge in [-0.25, -0.2) is 0 Å². The normalized spacial score (nSPS) is 32.0. The average Bonchev–Trinajstić information content (AvgIpc) is 1.87. The van der Waals surface area contributed by atoms with Gasteiger partial charge in [-0.2, -0.15) is 0 Å². The van der Waals surface area contributed by atoms with Crippen molar-refractivity contribution in [3.05, 3.63) is 6.42 Å². The van der Waals surface area contributed by atoms with E-state index in [4.69, 9.17) is 0 Å². The van der Waals surface area contributed by atoms with Crippen molar-refractivity contribution < 1.29 is 0 Å². The molecule has 0 aromatic heterocycles. The molecule has 0 bridgehead atoms. The Bertz CT molecular complexity index is 92.6. The monoisotopic (exact) mass is 123 g/mol. The predicted octanol–water partition coefficient (Wildman–Crippen LogP) is 2.93. The molecule has 2 rings (SSSR count). The first-order chi connectivity index (χ1) is 4.41. The van der Waals surface area contributed by atoms with Gasteiger partial charge in [0, 0.05) is 0 Å². The molecular formula is C9H15. The maximum atomic E-state index is 2.46. The van der Waals surface area contributed by atoms with Crippen molar-refractivity contribution >= 4 is 0 Å². The molecule has 51 valence electrons. The Morgan fingerprint density at radius 3 is 1.89 bits per heavy atom. The van der Waals surface area contributed by atoms with Gasteiger partial charge >= 0.3 is 0 Å². The lowest BCUT2D eigenvalue weighted by Gasteiger charge is -2.44. The first-order valence-corrected chi connectivity index (χ1v) is 4.23. The highest BCUT2D eigenvalue weighted by Crippen LogP contribution is 2.51. The van der Waals surface area contributed by atoms with Crippen LogP contribution in [0.2, 0.25) is 0 Å². The van der Waals surface area contributed by atoms with Gasteiger partial charge in [0.2, 0.25) is 0 Å². The van der Waals surface area contributed by atoms with Crippen LogP contribution in [0.1, 0.15) is 44.9 Å². The first-order valence-electron chi connectivity index (χ1n) is 4.23. The highest BCUT2D eigenvalue weighted by molar-refractivity contribution is 4.93. The van der Waals surface area contributed by atoms with Crippen LogP contribution in [0.5, 0.6) is 0 Å². The third kappa shape index (κ3) is 0.889. The SMILES string of the molecule is [CH]1CCC2(CC1)CCC2. The van der Waals surface area contributed by atoms with Crippen molar-refractivity contribution in [3.8, 4) is 0 Å². The second-order valence-electron chi connectivity index (χ2n) is 3.72. The minimum Gasteiger partial charge on any atom is -0.0522 e. The fraction of sp³-hybridized carbons (Fsp3) is 0.889. The quantitative estimate of drug-likeness (QED) is 0.464. The van der Waals surface area contributed by atoms with Crippen molar-refractivity contribution in [2.45, 2.75) is 44.9 Å². The highest BCUT2D eigenvalue weighted by Gasteiger charge is 2.37. The van der Waals surface area contributed by atoms with Crippen molar-refractivity contribution in [1.82, 2.24) is 0 Å². The second kappa shape index (κ2) is 2.00. The summed E-state index contributed by atoms with van der Waals surface area (Å²) in [6.45, 7) is 0. The molecule has 2 aliphatic rings. The summed E-state index contributed by atoms with van der Waals surface area (Å²) < 4.78 is 0. The second-order valence-corrected chi connectivity index (χ2v) is 3.72. The minimum atomic E-state index is 0.870. The molecule has 1 radical (unpaired) electrons. The number of hydrogen-bond acceptors (Lipinski definition) is 0. The van der Waals surface area contributed by atoms with Crippen LogP contribution in [0.15, 0.2) is 0 Å². The summed E-state index contributed by atoms with van der Waals surface area (Å²) in [7, 11) is 0. The summed E-state index contributed by atoms with van der Waals surface area (Å²) in [6, 6.07) is 0. The zero-order valence-electron chi connectivity index (χ0n) is 6.03. The lowest BCUT2D eigenvalue weighted by atomic mass is 9.61. The molecule has 0 unspecified atom stereocenters. The molecule has 0 heteroatoms. The summed E-state index contributed by atoms with van der Waals surface area (Å²) in [5.74, 6) is 0. The van der Waals surface area contributed by atoms with E-state index in [-0.39, 0.29) is 0 Å². The summed E-state index contributed by atoms with van der Waals surface area (Å²) in [6.07, 6.45) is 12.9. The molecule has 0 atom stereocenters. The lowest BCUT2D eigenvalue weighted by molar-refractivity contribution is 0.0914. The maximum Gasteiger partial charge on any atom is -0.0297 e. The first kappa shape index (κ1) is 5.76. The summed E-state index contributed by atoms with van der Waals surface area (Å²) in [5, 5.41) is 0. The Balaban J connectivity index is 1.93. The molecule has 0 saturated heterocycles. The van der Waals surface area contributed by atoms with Crippen molar-refractivity contribution in [2.24, 2.45) is 5.41 Å². The Hall–Kier alpha value is 0. The van der Waals surface area contributed by atoms with Crippen LogP contribution in [0.4, 0.5) is 0 Å². The summed E-state index contributed by atoms with van der Waals surface area (Å²) in [5.41, 5.74) is 0.870. The van der Waals surface area contributed by atoms with Gasteiger partial charge in [-0.15, -0.1) is 0 Å². The standard InChI is InChI=1S/C9H15/c1-2-5-9(6-3-1)7-4-8-9/h1H,2-8H2. The van der Waals surface area contributed by atoms with Gasteiger partial charge in [-0.05, 0) is 50.4 Å². The zero-order valence-corrected chi connectivity index (χ0v) is 6.03. The van der Waals surface area contributed by atoms with E-state index in [0.29, 0.717) is 0 Å². The van der Waals surface area contributed by atoms with E-state index in [2.05, 4.69) is 6.42 Å². The molecule has 0 aromatic rings. The molecule has 0 aliphatic heterocycles. The molecule has 0 nitrogen and oxygen atoms in total. The molecule has 2 saturated carbocycles. The fourth-order valence-electron chi connectivity index (χ4n) is 2.26. The minimum absolute atomic E-state index is 0.870. The van der Waals surface area contributed by atoms with Gasteiger partial charge in [-0.3, -0.25) is 0 Å². The molecular weight excluding hydrogens is 108 g/mol. The molecule has 0 amide bonds. The van der Waals surface area contributed by atoms with Crippen LogP contribution in [-0.2, 0) is 0 Å². The summed E-state index contributed by atoms with van der Waals surface area (Å²) in [4.78, 5) is 0. The Morgan fingerprint density at radius 2 is 1.56 bits per heavy atom. The van der Waals surface area contributed by atoms with Crippen molar-refractivity contribution in [3.63, 3.8) is 0 Å². The number of rotatable bonds is 0. The third-order valence-corrected chi connectivity index (χ3v) is 3.17. The van der Waals surface area contributed by atoms with Crippen LogP contribution in [0, 0.1) is 11.8 Å². The van der Waals surface area contributed by atoms with Gasteiger partial charge in [0.05, 0.1) is 0 Å². The smallest absolute Gasteiger partial charge is 0.0297 e. The lowest BCUT2D eigenvalue weighted by Crippen LogP contribution is -2.31. The van der Waals surface area contributed by atoms with Gasteiger partial charge in [0.25, 0.3) is 0 Å². The van der Waals surface area contributed by atoms with Gasteiger partial charge in [-0.1, -0.05) is 6.42 Å². The van der Waals surface area contributed by atoms with Gasteiger partial charge in [0.15, 0.2) is 0 Å². The van der Waals surface area contributed by atoms with Crippen LogP contribution >= 0.6 is 0 Å². The van der Waals surface area contributed by atoms with E-state index < -0.39 is 0 Å². The molecule has 2 fully saturated rings. The zero-order chi connectivity index (χ0) is 6.16. The van der Waals surface area contributed by atoms with Gasteiger partial charge < -0.3 is 0 Å². The summed E-state index contributed by atoms with van der Waals surface area (Å²) >= 11 is 0. The van der Waals surface area contributed by atoms with Crippen LogP contribution in [0.3, 0.4) is 0 Å². The largest absolute Gasteiger partial charge is 0.0522 e. The highest BCUT2D eigenvalue weighted by atomic mass is 14.4. The molecule has 0 heterocycles. The van der Waals surface area contributed by atoms with Crippen molar-refractivity contribution in [2.75, 3.05) is 0 Å². The average molecular weight is 123 g/mol. The van der Waals surface area contributed by atoms with Crippen LogP contribution in [-0.4, -0.2) is 0 Å². The molecule has 0 aromatic carbocycles. The predicted molar refractivity (Wildman–Crippen MR) is 39.1 cm³/mol. The van der Waals surface area contributed by atoms with Crippen molar-refractivity contribution in [1.29, 1.82) is 0 Å². The van der Waals surface area contributed by atoms with E-state index in [9.17, 15) is 0 Å². The van der Waals surface area contributed by atoms with Crippen LogP contribution in [0.25, 0.3) is 0 Å². The van der Waals surface area contributed by atoms with E-state index in [1.54, 1.807) is 12.8 Å². The Morgan fingerprint density at radius 1 is 0.889 bits per heavy atom. The van der Waals surface area contributed by atoms with E-state index in [0.717, 1.165) is 5.41 Å². The van der Waals surface area contributed by atoms with Gasteiger partial charge in [0.1, 0.15) is 0 Å². The fourth-order valence-corrected chi connectivity index (χ4v) is 2.26. The molecule has 1 spiro atoms. The third-order valence-electron chi connectivity index (χ3n) is 3.17. The molecule has 2 aliphatic carbocycles. The Labute approximate surface area is 57.6 Å². The van der Waals surface area contributed by atoms with E-state index in [1.165, 1.54) is 32.1 Å². The molecule has 0 N–H and O–H groups in total. The maximum absolute atomic E-state index is 2.46. The van der Waals surface area contributed by atoms with E-state index in [1.807, 2.05) is 0 Å². The van der Waals surface area contributed by atoms with E-state index >= 15 is 0 Å². The Kier molecular flexibility index (Phi) is 1.28. The topological polar surface area (TPSA) is 0 Å². The number of hydrogen-bond donors (Lipinski definition) is 0.